The number of carboxylic acids is 2. The fraction of sp³-hybridized carbons (Fsp3) is 0.381. The highest BCUT2D eigenvalue weighted by Gasteiger charge is 2.30. The number of rotatable bonds is 18. The highest BCUT2D eigenvalue weighted by atomic mass is 16.4. The van der Waals surface area contributed by atoms with Crippen LogP contribution in [0, 0.1) is 19.8 Å². The summed E-state index contributed by atoms with van der Waals surface area (Å²) in [5.41, 5.74) is 9.43. The van der Waals surface area contributed by atoms with Gasteiger partial charge in [-0.2, -0.15) is 0 Å². The lowest BCUT2D eigenvalue weighted by atomic mass is 9.90. The Bertz CT molecular complexity index is 1930. The number of carboxylic acid groups (broad SMARTS) is 2. The van der Waals surface area contributed by atoms with E-state index in [-0.39, 0.29) is 36.8 Å². The van der Waals surface area contributed by atoms with Crippen LogP contribution in [0.2, 0.25) is 0 Å². The molecule has 0 aliphatic heterocycles. The number of carbonyl (C=O) groups excluding carboxylic acids is 2. The van der Waals surface area contributed by atoms with Gasteiger partial charge in [0.15, 0.2) is 5.78 Å². The maximum atomic E-state index is 13.6. The highest BCUT2D eigenvalue weighted by molar-refractivity contribution is 6.04. The summed E-state index contributed by atoms with van der Waals surface area (Å²) in [6.07, 6.45) is 8.12. The number of pyridine rings is 2. The molecule has 6 rings (SSSR count). The van der Waals surface area contributed by atoms with E-state index in [0.717, 1.165) is 75.8 Å². The van der Waals surface area contributed by atoms with E-state index in [9.17, 15) is 39.6 Å². The number of aliphatic carboxylic acids is 2. The molecule has 4 aromatic rings. The zero-order chi connectivity index (χ0) is 38.5. The van der Waals surface area contributed by atoms with E-state index in [0.29, 0.717) is 29.6 Å². The number of hydrogen-bond donors (Lipinski definition) is 6. The first-order valence-electron chi connectivity index (χ1n) is 18.4. The minimum absolute atomic E-state index is 0.132. The van der Waals surface area contributed by atoms with Crippen molar-refractivity contribution in [3.8, 4) is 11.1 Å². The van der Waals surface area contributed by atoms with Gasteiger partial charge in [-0.3, -0.25) is 34.5 Å². The predicted octanol–water partition coefficient (Wildman–Crippen LogP) is 5.35. The molecule has 12 nitrogen and oxygen atoms in total. The monoisotopic (exact) mass is 734 g/mol. The van der Waals surface area contributed by atoms with Crippen molar-refractivity contribution in [3.05, 3.63) is 111 Å². The van der Waals surface area contributed by atoms with Gasteiger partial charge in [-0.25, -0.2) is 0 Å². The lowest BCUT2D eigenvalue weighted by Gasteiger charge is -2.17. The second-order valence-corrected chi connectivity index (χ2v) is 14.4. The van der Waals surface area contributed by atoms with Crippen LogP contribution >= 0.6 is 0 Å². The maximum Gasteiger partial charge on any atom is 0.323 e. The van der Waals surface area contributed by atoms with Gasteiger partial charge in [-0.1, -0.05) is 30.3 Å². The Labute approximate surface area is 313 Å². The molecule has 2 aliphatic carbocycles. The second-order valence-electron chi connectivity index (χ2n) is 14.4. The van der Waals surface area contributed by atoms with Gasteiger partial charge in [0, 0.05) is 31.0 Å². The lowest BCUT2D eigenvalue weighted by molar-refractivity contribution is -0.143. The van der Waals surface area contributed by atoms with Crippen molar-refractivity contribution in [2.24, 2.45) is 5.92 Å². The number of aliphatic hydroxyl groups excluding tert-OH is 2. The molecule has 2 heterocycles. The molecular weight excluding hydrogens is 688 g/mol. The molecule has 282 valence electrons. The number of aliphatic hydroxyl groups is 2. The van der Waals surface area contributed by atoms with Crippen LogP contribution in [0.4, 0.5) is 5.69 Å². The summed E-state index contributed by atoms with van der Waals surface area (Å²) < 4.78 is 0. The normalized spacial score (nSPS) is 15.0. The van der Waals surface area contributed by atoms with E-state index in [1.807, 2.05) is 56.3 Å². The van der Waals surface area contributed by atoms with Crippen LogP contribution in [0.1, 0.15) is 104 Å². The smallest absolute Gasteiger partial charge is 0.323 e. The van der Waals surface area contributed by atoms with Crippen LogP contribution in [0.3, 0.4) is 0 Å². The Morgan fingerprint density at radius 2 is 1.37 bits per heavy atom. The third-order valence-corrected chi connectivity index (χ3v) is 10.6. The third-order valence-electron chi connectivity index (χ3n) is 10.6. The molecule has 2 aromatic carbocycles. The van der Waals surface area contributed by atoms with Crippen LogP contribution < -0.4 is 10.6 Å². The van der Waals surface area contributed by atoms with Crippen molar-refractivity contribution in [1.29, 1.82) is 0 Å². The summed E-state index contributed by atoms with van der Waals surface area (Å²) in [7, 11) is 0. The first-order valence-corrected chi connectivity index (χ1v) is 18.4. The first-order chi connectivity index (χ1) is 26.0. The number of carbonyl (C=O) groups is 4. The lowest BCUT2D eigenvalue weighted by Crippen LogP contribution is -2.39. The van der Waals surface area contributed by atoms with E-state index >= 15 is 0 Å². The van der Waals surface area contributed by atoms with Gasteiger partial charge in [0.2, 0.25) is 0 Å². The molecule has 2 aliphatic rings. The van der Waals surface area contributed by atoms with Crippen molar-refractivity contribution in [1.82, 2.24) is 15.3 Å². The Kier molecular flexibility index (Phi) is 12.0. The van der Waals surface area contributed by atoms with Gasteiger partial charge >= 0.3 is 11.9 Å². The number of Topliss-reactive ketones (excluding diaryl/α,β-unsaturated/α-hetero) is 1. The Balaban J connectivity index is 1.17. The summed E-state index contributed by atoms with van der Waals surface area (Å²) >= 11 is 0. The standard InChI is InChI=1S/C42H46N4O8/c1-23-27(15-39(49)36-16-34(26-11-12-26)30(19-43-36)20-45-38(22-48)42(53)54)5-3-6-31(23)32-7-4-8-35(24(32)2)46-40(50)37-17-33(25-9-10-25)28(18-44-37)13-14-29(21-47)41(51)52/h3-8,16-19,25-26,29,38,45,47-48H,9-15,20-22H2,1-2H3,(H,46,50)(H,51,52)(H,53,54)/t29-,38-/m1/s1. The average molecular weight is 735 g/mol. The van der Waals surface area contributed by atoms with E-state index in [4.69, 9.17) is 0 Å². The van der Waals surface area contributed by atoms with Crippen molar-refractivity contribution in [2.75, 3.05) is 18.5 Å². The Morgan fingerprint density at radius 3 is 2.00 bits per heavy atom. The fourth-order valence-electron chi connectivity index (χ4n) is 6.95. The van der Waals surface area contributed by atoms with Crippen LogP contribution in [-0.4, -0.2) is 73.3 Å². The number of aryl methyl sites for hydroxylation is 1. The molecule has 2 saturated carbocycles. The molecule has 0 saturated heterocycles. The molecule has 0 spiro atoms. The quantitative estimate of drug-likeness (QED) is 0.0720. The van der Waals surface area contributed by atoms with Crippen LogP contribution in [0.25, 0.3) is 11.1 Å². The zero-order valence-electron chi connectivity index (χ0n) is 30.5. The molecule has 12 heteroatoms. The number of aromatic nitrogens is 2. The largest absolute Gasteiger partial charge is 0.481 e. The van der Waals surface area contributed by atoms with Gasteiger partial charge in [0.05, 0.1) is 19.1 Å². The van der Waals surface area contributed by atoms with Crippen LogP contribution in [-0.2, 0) is 29.0 Å². The van der Waals surface area contributed by atoms with E-state index in [1.165, 1.54) is 0 Å². The summed E-state index contributed by atoms with van der Waals surface area (Å²) in [6.45, 7) is 3.17. The molecule has 0 bridgehead atoms. The molecule has 2 fully saturated rings. The van der Waals surface area contributed by atoms with Crippen LogP contribution in [0.15, 0.2) is 60.9 Å². The van der Waals surface area contributed by atoms with E-state index in [2.05, 4.69) is 20.6 Å². The average Bonchev–Trinajstić information content (AvgIpc) is 4.09. The summed E-state index contributed by atoms with van der Waals surface area (Å²) in [6, 6.07) is 14.1. The van der Waals surface area contributed by atoms with Gasteiger partial charge in [0.1, 0.15) is 17.4 Å². The van der Waals surface area contributed by atoms with Crippen molar-refractivity contribution in [3.63, 3.8) is 0 Å². The molecule has 0 radical (unpaired) electrons. The number of hydrogen-bond acceptors (Lipinski definition) is 9. The first kappa shape index (κ1) is 38.4. The minimum atomic E-state index is -1.14. The molecule has 6 N–H and O–H groups in total. The van der Waals surface area contributed by atoms with E-state index < -0.39 is 37.1 Å². The molecule has 0 unspecified atom stereocenters. The van der Waals surface area contributed by atoms with Crippen molar-refractivity contribution >= 4 is 29.3 Å². The minimum Gasteiger partial charge on any atom is -0.481 e. The van der Waals surface area contributed by atoms with Gasteiger partial charge in [0.25, 0.3) is 5.91 Å². The van der Waals surface area contributed by atoms with E-state index in [1.54, 1.807) is 18.5 Å². The maximum absolute atomic E-state index is 13.6. The SMILES string of the molecule is Cc1c(CC(=O)c2cc(C3CC3)c(CN[C@H](CO)C(=O)O)cn2)cccc1-c1cccc(NC(=O)c2cc(C3CC3)c(CC[C@H](CO)C(=O)O)cn2)c1C. The van der Waals surface area contributed by atoms with Crippen LogP contribution in [0.5, 0.6) is 0 Å². The van der Waals surface area contributed by atoms with Gasteiger partial charge < -0.3 is 25.7 Å². The fourth-order valence-corrected chi connectivity index (χ4v) is 6.95. The van der Waals surface area contributed by atoms with Crippen molar-refractivity contribution in [2.45, 2.75) is 83.2 Å². The third kappa shape index (κ3) is 8.90. The number of anilines is 1. The summed E-state index contributed by atoms with van der Waals surface area (Å²) in [4.78, 5) is 58.8. The molecule has 54 heavy (non-hydrogen) atoms. The Morgan fingerprint density at radius 1 is 0.759 bits per heavy atom. The van der Waals surface area contributed by atoms with Gasteiger partial charge in [-0.05, 0) is 132 Å². The summed E-state index contributed by atoms with van der Waals surface area (Å²) in [5.74, 6) is -2.90. The predicted molar refractivity (Wildman–Crippen MR) is 202 cm³/mol. The second kappa shape index (κ2) is 16.8. The molecule has 1 amide bonds. The Hall–Kier alpha value is -5.30. The van der Waals surface area contributed by atoms with Crippen molar-refractivity contribution < 1.29 is 39.6 Å². The highest BCUT2D eigenvalue weighted by Crippen LogP contribution is 2.43. The number of ketones is 1. The number of nitrogens with one attached hydrogen (secondary N) is 2. The van der Waals surface area contributed by atoms with Gasteiger partial charge in [-0.15, -0.1) is 0 Å². The molecular formula is C42H46N4O8. The zero-order valence-corrected chi connectivity index (χ0v) is 30.5. The molecule has 2 atom stereocenters. The number of nitrogens with zero attached hydrogens (tertiary/aromatic N) is 2. The number of benzene rings is 2. The topological polar surface area (TPSA) is 199 Å². The number of amides is 1. The molecule has 2 aromatic heterocycles. The summed E-state index contributed by atoms with van der Waals surface area (Å²) in [5, 5.41) is 43.3.